The van der Waals surface area contributed by atoms with Gasteiger partial charge in [-0.2, -0.15) is 13.2 Å². The number of hydrogen-bond acceptors (Lipinski definition) is 4. The highest BCUT2D eigenvalue weighted by molar-refractivity contribution is 5.90. The zero-order valence-electron chi connectivity index (χ0n) is 14.5. The smallest absolute Gasteiger partial charge is 0.418 e. The molecule has 8 heteroatoms. The van der Waals surface area contributed by atoms with Crippen molar-refractivity contribution in [2.45, 2.75) is 25.9 Å². The van der Waals surface area contributed by atoms with Gasteiger partial charge in [-0.1, -0.05) is 25.5 Å². The van der Waals surface area contributed by atoms with Gasteiger partial charge in [0.05, 0.1) is 23.4 Å². The van der Waals surface area contributed by atoms with Gasteiger partial charge in [0.25, 0.3) is 0 Å². The van der Waals surface area contributed by atoms with E-state index in [1.807, 2.05) is 6.92 Å². The number of ether oxygens (including phenoxy) is 2. The van der Waals surface area contributed by atoms with Crippen LogP contribution in [-0.4, -0.2) is 18.7 Å². The second-order valence-electron chi connectivity index (χ2n) is 5.57. The Labute approximate surface area is 154 Å². The Balaban J connectivity index is 1.98. The summed E-state index contributed by atoms with van der Waals surface area (Å²) in [6, 6.07) is 10.1. The number of carbonyl (C=O) groups excluding carboxylic acids is 2. The number of carbonyl (C=O) groups is 2. The first-order chi connectivity index (χ1) is 12.8. The third-order valence-electron chi connectivity index (χ3n) is 3.50. The van der Waals surface area contributed by atoms with E-state index >= 15 is 0 Å². The molecule has 0 aliphatic rings. The summed E-state index contributed by atoms with van der Waals surface area (Å²) in [7, 11) is 0. The Kier molecular flexibility index (Phi) is 6.81. The summed E-state index contributed by atoms with van der Waals surface area (Å²) in [4.78, 5) is 23.6. The summed E-state index contributed by atoms with van der Waals surface area (Å²) in [5.41, 5.74) is -1.11. The number of nitrogens with one attached hydrogen (secondary N) is 1. The molecule has 0 aliphatic carbocycles. The SMILES string of the molecule is CCCCOC(=O)c1ccc(OC(=O)Nc2ccccc2C(F)(F)F)cc1. The molecule has 0 radical (unpaired) electrons. The number of amides is 1. The van der Waals surface area contributed by atoms with Gasteiger partial charge >= 0.3 is 18.2 Å². The van der Waals surface area contributed by atoms with E-state index in [-0.39, 0.29) is 11.3 Å². The summed E-state index contributed by atoms with van der Waals surface area (Å²) >= 11 is 0. The summed E-state index contributed by atoms with van der Waals surface area (Å²) < 4.78 is 48.8. The second kappa shape index (κ2) is 9.07. The highest BCUT2D eigenvalue weighted by atomic mass is 19.4. The van der Waals surface area contributed by atoms with Crippen molar-refractivity contribution in [3.05, 3.63) is 59.7 Å². The number of alkyl halides is 3. The minimum Gasteiger partial charge on any atom is -0.462 e. The molecule has 1 amide bonds. The molecule has 0 spiro atoms. The molecule has 0 saturated carbocycles. The molecule has 0 saturated heterocycles. The Bertz CT molecular complexity index is 788. The Morgan fingerprint density at radius 3 is 2.33 bits per heavy atom. The van der Waals surface area contributed by atoms with E-state index < -0.39 is 29.5 Å². The Morgan fingerprint density at radius 1 is 1.04 bits per heavy atom. The van der Waals surface area contributed by atoms with Crippen molar-refractivity contribution >= 4 is 17.7 Å². The van der Waals surface area contributed by atoms with Crippen LogP contribution < -0.4 is 10.1 Å². The lowest BCUT2D eigenvalue weighted by atomic mass is 10.2. The van der Waals surface area contributed by atoms with E-state index in [1.165, 1.54) is 36.4 Å². The van der Waals surface area contributed by atoms with Crippen LogP contribution in [0.5, 0.6) is 5.75 Å². The molecule has 0 aliphatic heterocycles. The van der Waals surface area contributed by atoms with Crippen LogP contribution >= 0.6 is 0 Å². The van der Waals surface area contributed by atoms with E-state index in [0.29, 0.717) is 6.61 Å². The van der Waals surface area contributed by atoms with Crippen molar-refractivity contribution in [3.8, 4) is 5.75 Å². The highest BCUT2D eigenvalue weighted by Crippen LogP contribution is 2.34. The van der Waals surface area contributed by atoms with Gasteiger partial charge in [0.2, 0.25) is 0 Å². The third kappa shape index (κ3) is 6.02. The van der Waals surface area contributed by atoms with Crippen molar-refractivity contribution in [3.63, 3.8) is 0 Å². The van der Waals surface area contributed by atoms with E-state index in [1.54, 1.807) is 0 Å². The van der Waals surface area contributed by atoms with Gasteiger partial charge in [0, 0.05) is 0 Å². The predicted octanol–water partition coefficient (Wildman–Crippen LogP) is 5.27. The molecule has 2 aromatic rings. The average molecular weight is 381 g/mol. The van der Waals surface area contributed by atoms with Gasteiger partial charge in [-0.25, -0.2) is 9.59 Å². The number of hydrogen-bond donors (Lipinski definition) is 1. The number of anilines is 1. The minimum atomic E-state index is -4.61. The number of rotatable bonds is 6. The molecule has 27 heavy (non-hydrogen) atoms. The monoisotopic (exact) mass is 381 g/mol. The van der Waals surface area contributed by atoms with E-state index in [2.05, 4.69) is 5.32 Å². The molecule has 0 bridgehead atoms. The summed E-state index contributed by atoms with van der Waals surface area (Å²) in [6.07, 6.45) is -4.03. The van der Waals surface area contributed by atoms with Gasteiger partial charge in [-0.3, -0.25) is 5.32 Å². The average Bonchev–Trinajstić information content (AvgIpc) is 2.62. The maximum Gasteiger partial charge on any atom is 0.418 e. The van der Waals surface area contributed by atoms with Crippen LogP contribution in [0.3, 0.4) is 0 Å². The van der Waals surface area contributed by atoms with Crippen molar-refractivity contribution < 1.29 is 32.2 Å². The van der Waals surface area contributed by atoms with Crippen LogP contribution in [0.15, 0.2) is 48.5 Å². The lowest BCUT2D eigenvalue weighted by Crippen LogP contribution is -2.19. The topological polar surface area (TPSA) is 64.6 Å². The molecule has 5 nitrogen and oxygen atoms in total. The fourth-order valence-corrected chi connectivity index (χ4v) is 2.13. The number of unbranched alkanes of at least 4 members (excludes halogenated alkanes) is 1. The molecule has 1 N–H and O–H groups in total. The summed E-state index contributed by atoms with van der Waals surface area (Å²) in [5.74, 6) is -0.430. The van der Waals surface area contributed by atoms with Gasteiger partial charge in [-0.05, 0) is 42.8 Å². The largest absolute Gasteiger partial charge is 0.462 e. The first-order valence-corrected chi connectivity index (χ1v) is 8.23. The number of benzene rings is 2. The van der Waals surface area contributed by atoms with Crippen LogP contribution in [0.4, 0.5) is 23.7 Å². The fraction of sp³-hybridized carbons (Fsp3) is 0.263. The van der Waals surface area contributed by atoms with Crippen LogP contribution in [0.25, 0.3) is 0 Å². The quantitative estimate of drug-likeness (QED) is 0.547. The van der Waals surface area contributed by atoms with Gasteiger partial charge in [0.15, 0.2) is 0 Å². The third-order valence-corrected chi connectivity index (χ3v) is 3.50. The molecule has 0 unspecified atom stereocenters. The fourth-order valence-electron chi connectivity index (χ4n) is 2.13. The number of para-hydroxylation sites is 1. The molecular formula is C19H18F3NO4. The maximum absolute atomic E-state index is 12.9. The van der Waals surface area contributed by atoms with E-state index in [0.717, 1.165) is 25.0 Å². The van der Waals surface area contributed by atoms with E-state index in [4.69, 9.17) is 9.47 Å². The molecule has 2 aromatic carbocycles. The molecule has 144 valence electrons. The van der Waals surface area contributed by atoms with Crippen molar-refractivity contribution in [2.24, 2.45) is 0 Å². The molecule has 2 rings (SSSR count). The normalized spacial score (nSPS) is 11.0. The summed E-state index contributed by atoms with van der Waals surface area (Å²) in [6.45, 7) is 2.28. The lowest BCUT2D eigenvalue weighted by molar-refractivity contribution is -0.136. The van der Waals surface area contributed by atoms with Gasteiger partial charge < -0.3 is 9.47 Å². The van der Waals surface area contributed by atoms with E-state index in [9.17, 15) is 22.8 Å². The van der Waals surface area contributed by atoms with Crippen molar-refractivity contribution in [1.29, 1.82) is 0 Å². The van der Waals surface area contributed by atoms with Crippen molar-refractivity contribution in [1.82, 2.24) is 0 Å². The predicted molar refractivity (Wildman–Crippen MR) is 92.7 cm³/mol. The molecular weight excluding hydrogens is 363 g/mol. The first-order valence-electron chi connectivity index (χ1n) is 8.23. The molecule has 0 fully saturated rings. The number of halogens is 3. The van der Waals surface area contributed by atoms with Crippen LogP contribution in [-0.2, 0) is 10.9 Å². The highest BCUT2D eigenvalue weighted by Gasteiger charge is 2.33. The zero-order valence-corrected chi connectivity index (χ0v) is 14.5. The Morgan fingerprint density at radius 2 is 1.70 bits per heavy atom. The van der Waals surface area contributed by atoms with Crippen molar-refractivity contribution in [2.75, 3.05) is 11.9 Å². The molecule has 0 atom stereocenters. The van der Waals surface area contributed by atoms with Gasteiger partial charge in [0.1, 0.15) is 5.75 Å². The zero-order chi connectivity index (χ0) is 19.9. The minimum absolute atomic E-state index is 0.0714. The maximum atomic E-state index is 12.9. The standard InChI is InChI=1S/C19H18F3NO4/c1-2-3-12-26-17(24)13-8-10-14(11-9-13)27-18(25)23-16-7-5-4-6-15(16)19(20,21)22/h4-11H,2-3,12H2,1H3,(H,23,25). The van der Waals surface area contributed by atoms with Gasteiger partial charge in [-0.15, -0.1) is 0 Å². The number of esters is 1. The van der Waals surface area contributed by atoms with Crippen LogP contribution in [0.1, 0.15) is 35.7 Å². The lowest BCUT2D eigenvalue weighted by Gasteiger charge is -2.13. The first kappa shape index (κ1) is 20.3. The molecule has 0 aromatic heterocycles. The van der Waals surface area contributed by atoms with Crippen LogP contribution in [0.2, 0.25) is 0 Å². The summed E-state index contributed by atoms with van der Waals surface area (Å²) in [5, 5.41) is 2.06. The van der Waals surface area contributed by atoms with Crippen LogP contribution in [0, 0.1) is 0 Å². The second-order valence-corrected chi connectivity index (χ2v) is 5.57. The Hall–Kier alpha value is -3.03. The molecule has 0 heterocycles.